The minimum Gasteiger partial charge on any atom is -0.466 e. The van der Waals surface area contributed by atoms with Gasteiger partial charge in [-0.3, -0.25) is 20.4 Å². The Morgan fingerprint density at radius 2 is 1.75 bits per heavy atom. The molecule has 1 aromatic carbocycles. The van der Waals surface area contributed by atoms with E-state index in [4.69, 9.17) is 9.15 Å². The number of hydrogen-bond acceptors (Lipinski definition) is 5. The molecule has 1 heterocycles. The Morgan fingerprint density at radius 1 is 1.08 bits per heavy atom. The Morgan fingerprint density at radius 3 is 2.33 bits per heavy atom. The standard InChI is InChI=1S/C17H18N2O5/c1-10-9-14(11(2)23-10)17(22)24-12(3)15(20)18-19-16(21)13-7-5-4-6-8-13/h4-9,12H,1-3H3,(H,18,20)(H,19,21)/t12-/m1/s1. The lowest BCUT2D eigenvalue weighted by atomic mass is 10.2. The fourth-order valence-corrected chi connectivity index (χ4v) is 1.99. The number of benzene rings is 1. The molecule has 0 aliphatic heterocycles. The van der Waals surface area contributed by atoms with Crippen molar-refractivity contribution in [1.82, 2.24) is 10.9 Å². The van der Waals surface area contributed by atoms with Gasteiger partial charge in [0.25, 0.3) is 11.8 Å². The number of amides is 2. The number of rotatable bonds is 4. The summed E-state index contributed by atoms with van der Waals surface area (Å²) in [6.07, 6.45) is -1.08. The highest BCUT2D eigenvalue weighted by Gasteiger charge is 2.22. The molecule has 0 unspecified atom stereocenters. The fraction of sp³-hybridized carbons (Fsp3) is 0.235. The van der Waals surface area contributed by atoms with Crippen LogP contribution < -0.4 is 10.9 Å². The van der Waals surface area contributed by atoms with E-state index in [0.717, 1.165) is 0 Å². The van der Waals surface area contributed by atoms with Gasteiger partial charge in [-0.15, -0.1) is 0 Å². The summed E-state index contributed by atoms with van der Waals surface area (Å²) in [5.74, 6) is -0.787. The molecule has 2 aromatic rings. The minimum absolute atomic E-state index is 0.264. The molecule has 7 nitrogen and oxygen atoms in total. The average molecular weight is 330 g/mol. The Balaban J connectivity index is 1.87. The summed E-state index contributed by atoms with van der Waals surface area (Å²) in [6.45, 7) is 4.75. The maximum absolute atomic E-state index is 12.0. The smallest absolute Gasteiger partial charge is 0.342 e. The molecule has 0 fully saturated rings. The molecule has 2 N–H and O–H groups in total. The maximum atomic E-state index is 12.0. The Labute approximate surface area is 139 Å². The number of hydrogen-bond donors (Lipinski definition) is 2. The summed E-state index contributed by atoms with van der Waals surface area (Å²) in [5.41, 5.74) is 5.14. The van der Waals surface area contributed by atoms with E-state index in [1.807, 2.05) is 0 Å². The van der Waals surface area contributed by atoms with Crippen LogP contribution in [-0.4, -0.2) is 23.9 Å². The monoisotopic (exact) mass is 330 g/mol. The van der Waals surface area contributed by atoms with E-state index in [1.165, 1.54) is 6.92 Å². The molecular formula is C17H18N2O5. The van der Waals surface area contributed by atoms with Crippen molar-refractivity contribution in [3.05, 3.63) is 59.0 Å². The van der Waals surface area contributed by atoms with Gasteiger partial charge in [0, 0.05) is 5.56 Å². The molecule has 0 saturated carbocycles. The van der Waals surface area contributed by atoms with Crippen LogP contribution in [0.25, 0.3) is 0 Å². The number of carbonyl (C=O) groups excluding carboxylic acids is 3. The van der Waals surface area contributed by atoms with Crippen LogP contribution in [-0.2, 0) is 9.53 Å². The van der Waals surface area contributed by atoms with Crippen LogP contribution in [0, 0.1) is 13.8 Å². The molecule has 0 bridgehead atoms. The van der Waals surface area contributed by atoms with Crippen molar-refractivity contribution >= 4 is 17.8 Å². The second-order valence-corrected chi connectivity index (χ2v) is 5.18. The molecule has 1 aromatic heterocycles. The number of furan rings is 1. The second-order valence-electron chi connectivity index (χ2n) is 5.18. The van der Waals surface area contributed by atoms with E-state index >= 15 is 0 Å². The third kappa shape index (κ3) is 4.22. The van der Waals surface area contributed by atoms with Crippen molar-refractivity contribution in [1.29, 1.82) is 0 Å². The van der Waals surface area contributed by atoms with Gasteiger partial charge in [0.05, 0.1) is 0 Å². The molecule has 0 spiro atoms. The van der Waals surface area contributed by atoms with Crippen LogP contribution in [0.15, 0.2) is 40.8 Å². The third-order valence-corrected chi connectivity index (χ3v) is 3.25. The maximum Gasteiger partial charge on any atom is 0.342 e. The van der Waals surface area contributed by atoms with Crippen molar-refractivity contribution in [3.63, 3.8) is 0 Å². The lowest BCUT2D eigenvalue weighted by Gasteiger charge is -2.13. The number of hydrazine groups is 1. The first-order valence-electron chi connectivity index (χ1n) is 7.31. The van der Waals surface area contributed by atoms with Crippen molar-refractivity contribution in [2.45, 2.75) is 26.9 Å². The first-order valence-corrected chi connectivity index (χ1v) is 7.31. The molecule has 2 amide bonds. The van der Waals surface area contributed by atoms with Crippen molar-refractivity contribution in [2.75, 3.05) is 0 Å². The topological polar surface area (TPSA) is 97.6 Å². The number of ether oxygens (including phenoxy) is 1. The number of carbonyl (C=O) groups is 3. The van der Waals surface area contributed by atoms with Crippen LogP contribution in [0.4, 0.5) is 0 Å². The van der Waals surface area contributed by atoms with Crippen LogP contribution in [0.2, 0.25) is 0 Å². The average Bonchev–Trinajstić information content (AvgIpc) is 2.91. The lowest BCUT2D eigenvalue weighted by molar-refractivity contribution is -0.129. The van der Waals surface area contributed by atoms with Crippen LogP contribution in [0.5, 0.6) is 0 Å². The van der Waals surface area contributed by atoms with Gasteiger partial charge >= 0.3 is 5.97 Å². The summed E-state index contributed by atoms with van der Waals surface area (Å²) in [6, 6.07) is 9.94. The van der Waals surface area contributed by atoms with Gasteiger partial charge in [-0.25, -0.2) is 4.79 Å². The Bertz CT molecular complexity index is 752. The van der Waals surface area contributed by atoms with Crippen LogP contribution in [0.1, 0.15) is 39.2 Å². The summed E-state index contributed by atoms with van der Waals surface area (Å²) in [7, 11) is 0. The second kappa shape index (κ2) is 7.45. The van der Waals surface area contributed by atoms with Gasteiger partial charge in [-0.05, 0) is 39.0 Å². The van der Waals surface area contributed by atoms with E-state index in [2.05, 4.69) is 10.9 Å². The Hall–Kier alpha value is -3.09. The van der Waals surface area contributed by atoms with E-state index in [-0.39, 0.29) is 5.56 Å². The summed E-state index contributed by atoms with van der Waals surface area (Å²) in [4.78, 5) is 35.7. The molecule has 0 aliphatic rings. The zero-order valence-electron chi connectivity index (χ0n) is 13.6. The van der Waals surface area contributed by atoms with Crippen molar-refractivity contribution in [2.24, 2.45) is 0 Å². The predicted octanol–water partition coefficient (Wildman–Crippen LogP) is 1.90. The normalized spacial score (nSPS) is 11.5. The quantitative estimate of drug-likeness (QED) is 0.659. The van der Waals surface area contributed by atoms with E-state index in [1.54, 1.807) is 50.2 Å². The van der Waals surface area contributed by atoms with Crippen molar-refractivity contribution < 1.29 is 23.5 Å². The summed E-state index contributed by atoms with van der Waals surface area (Å²) < 4.78 is 10.3. The molecule has 7 heteroatoms. The SMILES string of the molecule is Cc1cc(C(=O)O[C@H](C)C(=O)NNC(=O)c2ccccc2)c(C)o1. The zero-order valence-corrected chi connectivity index (χ0v) is 13.6. The van der Waals surface area contributed by atoms with Crippen molar-refractivity contribution in [3.8, 4) is 0 Å². The largest absolute Gasteiger partial charge is 0.466 e. The first-order chi connectivity index (χ1) is 11.4. The number of nitrogens with one attached hydrogen (secondary N) is 2. The third-order valence-electron chi connectivity index (χ3n) is 3.25. The van der Waals surface area contributed by atoms with E-state index < -0.39 is 23.9 Å². The molecule has 0 radical (unpaired) electrons. The highest BCUT2D eigenvalue weighted by atomic mass is 16.5. The zero-order chi connectivity index (χ0) is 17.7. The fourth-order valence-electron chi connectivity index (χ4n) is 1.99. The van der Waals surface area contributed by atoms with Gasteiger partial charge in [-0.1, -0.05) is 18.2 Å². The van der Waals surface area contributed by atoms with Gasteiger partial charge in [0.15, 0.2) is 6.10 Å². The molecule has 0 saturated heterocycles. The molecule has 24 heavy (non-hydrogen) atoms. The highest BCUT2D eigenvalue weighted by Crippen LogP contribution is 2.15. The number of esters is 1. The predicted molar refractivity (Wildman–Crippen MR) is 85.1 cm³/mol. The van der Waals surface area contributed by atoms with Gasteiger partial charge in [-0.2, -0.15) is 0 Å². The molecule has 126 valence electrons. The highest BCUT2D eigenvalue weighted by molar-refractivity contribution is 5.96. The van der Waals surface area contributed by atoms with Crippen LogP contribution in [0.3, 0.4) is 0 Å². The molecule has 2 rings (SSSR count). The van der Waals surface area contributed by atoms with Crippen LogP contribution >= 0.6 is 0 Å². The van der Waals surface area contributed by atoms with E-state index in [9.17, 15) is 14.4 Å². The van der Waals surface area contributed by atoms with E-state index in [0.29, 0.717) is 17.1 Å². The molecular weight excluding hydrogens is 312 g/mol. The van der Waals surface area contributed by atoms with Gasteiger partial charge in [0.1, 0.15) is 17.1 Å². The summed E-state index contributed by atoms with van der Waals surface area (Å²) in [5, 5.41) is 0. The van der Waals surface area contributed by atoms with Gasteiger partial charge < -0.3 is 9.15 Å². The molecule has 0 aliphatic carbocycles. The molecule has 1 atom stereocenters. The lowest BCUT2D eigenvalue weighted by Crippen LogP contribution is -2.46. The minimum atomic E-state index is -1.08. The number of aryl methyl sites for hydroxylation is 2. The Kier molecular flexibility index (Phi) is 5.36. The first kappa shape index (κ1) is 17.3. The van der Waals surface area contributed by atoms with Gasteiger partial charge in [0.2, 0.25) is 0 Å². The summed E-state index contributed by atoms with van der Waals surface area (Å²) >= 11 is 0.